The van der Waals surface area contributed by atoms with Crippen LogP contribution in [0.1, 0.15) is 24.7 Å². The maximum Gasteiger partial charge on any atom is 0.158 e. The number of rotatable bonds is 0. The first-order valence-electron chi connectivity index (χ1n) is 3.74. The Balaban J connectivity index is 2.50. The summed E-state index contributed by atoms with van der Waals surface area (Å²) in [6, 6.07) is 1.97. The maximum absolute atomic E-state index is 5.37. The average molecular weight is 166 g/mol. The van der Waals surface area contributed by atoms with Crippen LogP contribution >= 0.6 is 12.6 Å². The molecule has 0 aromatic carbocycles. The maximum atomic E-state index is 5.37. The normalized spacial score (nSPS) is 16.0. The van der Waals surface area contributed by atoms with E-state index in [1.54, 1.807) is 0 Å². The van der Waals surface area contributed by atoms with Gasteiger partial charge in [-0.25, -0.2) is 0 Å². The van der Waals surface area contributed by atoms with Gasteiger partial charge >= 0.3 is 0 Å². The van der Waals surface area contributed by atoms with E-state index in [0.717, 1.165) is 23.7 Å². The molecule has 0 spiro atoms. The molecule has 11 heavy (non-hydrogen) atoms. The van der Waals surface area contributed by atoms with Crippen LogP contribution in [-0.2, 0) is 6.42 Å². The van der Waals surface area contributed by atoms with Crippen molar-refractivity contribution in [3.63, 3.8) is 0 Å². The van der Waals surface area contributed by atoms with E-state index in [4.69, 9.17) is 4.42 Å². The minimum absolute atomic E-state index is 0.723. The second-order valence-electron chi connectivity index (χ2n) is 2.95. The highest BCUT2D eigenvalue weighted by molar-refractivity contribution is 7.80. The Morgan fingerprint density at radius 1 is 1.45 bits per heavy atom. The first-order chi connectivity index (χ1) is 5.25. The van der Waals surface area contributed by atoms with Crippen molar-refractivity contribution in [2.45, 2.75) is 24.9 Å². The van der Waals surface area contributed by atoms with Gasteiger partial charge in [-0.2, -0.15) is 0 Å². The van der Waals surface area contributed by atoms with Gasteiger partial charge in [0.15, 0.2) is 5.09 Å². The Hall–Kier alpha value is -0.630. The van der Waals surface area contributed by atoms with E-state index in [0.29, 0.717) is 0 Å². The van der Waals surface area contributed by atoms with Gasteiger partial charge in [-0.15, -0.1) is 12.6 Å². The zero-order valence-corrected chi connectivity index (χ0v) is 7.32. The third-order valence-electron chi connectivity index (χ3n) is 1.98. The van der Waals surface area contributed by atoms with Gasteiger partial charge in [0, 0.05) is 12.0 Å². The molecule has 0 unspecified atom stereocenters. The van der Waals surface area contributed by atoms with E-state index in [1.807, 2.05) is 6.07 Å². The summed E-state index contributed by atoms with van der Waals surface area (Å²) in [4.78, 5) is 0. The monoisotopic (exact) mass is 166 g/mol. The van der Waals surface area contributed by atoms with Crippen LogP contribution in [0.2, 0.25) is 0 Å². The molecule has 0 aliphatic heterocycles. The van der Waals surface area contributed by atoms with Gasteiger partial charge < -0.3 is 4.42 Å². The molecule has 1 aromatic rings. The molecule has 0 bridgehead atoms. The molecular weight excluding hydrogens is 156 g/mol. The number of furan rings is 1. The predicted octanol–water partition coefficient (Wildman–Crippen LogP) is 2.92. The molecule has 0 fully saturated rings. The standard InChI is InChI=1S/C9H10OS/c1-6-2-3-8-7(4-6)5-9(11)10-8/h4-5,11H,2-3H2,1H3. The highest BCUT2D eigenvalue weighted by atomic mass is 32.1. The lowest BCUT2D eigenvalue weighted by Crippen LogP contribution is -1.92. The van der Waals surface area contributed by atoms with Gasteiger partial charge in [0.05, 0.1) is 0 Å². The van der Waals surface area contributed by atoms with E-state index in [2.05, 4.69) is 25.6 Å². The Kier molecular flexibility index (Phi) is 1.57. The molecule has 2 heteroatoms. The van der Waals surface area contributed by atoms with Crippen LogP contribution in [0.3, 0.4) is 0 Å². The van der Waals surface area contributed by atoms with Crippen LogP contribution in [0, 0.1) is 0 Å². The molecule has 0 radical (unpaired) electrons. The highest BCUT2D eigenvalue weighted by Crippen LogP contribution is 2.27. The molecule has 2 rings (SSSR count). The fourth-order valence-corrected chi connectivity index (χ4v) is 1.64. The van der Waals surface area contributed by atoms with Gasteiger partial charge in [-0.1, -0.05) is 11.6 Å². The van der Waals surface area contributed by atoms with E-state index in [1.165, 1.54) is 11.1 Å². The molecule has 1 aliphatic rings. The van der Waals surface area contributed by atoms with E-state index in [9.17, 15) is 0 Å². The van der Waals surface area contributed by atoms with Gasteiger partial charge in [0.1, 0.15) is 5.76 Å². The zero-order chi connectivity index (χ0) is 7.84. The van der Waals surface area contributed by atoms with Crippen LogP contribution in [0.5, 0.6) is 0 Å². The van der Waals surface area contributed by atoms with Crippen molar-refractivity contribution in [3.8, 4) is 0 Å². The van der Waals surface area contributed by atoms with Crippen LogP contribution in [0.25, 0.3) is 6.08 Å². The topological polar surface area (TPSA) is 13.1 Å². The summed E-state index contributed by atoms with van der Waals surface area (Å²) in [5.74, 6) is 1.08. The molecule has 0 saturated heterocycles. The number of allylic oxidation sites excluding steroid dienone is 1. The number of hydrogen-bond acceptors (Lipinski definition) is 2. The van der Waals surface area contributed by atoms with Crippen molar-refractivity contribution >= 4 is 18.7 Å². The number of hydrogen-bond donors (Lipinski definition) is 1. The van der Waals surface area contributed by atoms with E-state index in [-0.39, 0.29) is 0 Å². The minimum Gasteiger partial charge on any atom is -0.454 e. The number of thiol groups is 1. The number of aryl methyl sites for hydroxylation is 1. The molecular formula is C9H10OS. The zero-order valence-electron chi connectivity index (χ0n) is 6.42. The third-order valence-corrected chi connectivity index (χ3v) is 2.20. The lowest BCUT2D eigenvalue weighted by molar-refractivity contribution is 0.431. The lowest BCUT2D eigenvalue weighted by atomic mass is 10.00. The third kappa shape index (κ3) is 1.23. The Morgan fingerprint density at radius 2 is 2.27 bits per heavy atom. The molecule has 0 saturated carbocycles. The van der Waals surface area contributed by atoms with Gasteiger partial charge in [0.2, 0.25) is 0 Å². The lowest BCUT2D eigenvalue weighted by Gasteiger charge is -2.06. The van der Waals surface area contributed by atoms with E-state index < -0.39 is 0 Å². The highest BCUT2D eigenvalue weighted by Gasteiger charge is 2.11. The molecule has 0 N–H and O–H groups in total. The fraction of sp³-hybridized carbons (Fsp3) is 0.333. The molecule has 1 nitrogen and oxygen atoms in total. The van der Waals surface area contributed by atoms with Crippen molar-refractivity contribution in [2.24, 2.45) is 0 Å². The molecule has 1 aromatic heterocycles. The SMILES string of the molecule is CC1=Cc2cc(S)oc2CC1. The quantitative estimate of drug-likeness (QED) is 0.585. The first-order valence-corrected chi connectivity index (χ1v) is 4.19. The van der Waals surface area contributed by atoms with Crippen LogP contribution in [0.4, 0.5) is 0 Å². The fourth-order valence-electron chi connectivity index (χ4n) is 1.39. The van der Waals surface area contributed by atoms with Crippen molar-refractivity contribution in [1.82, 2.24) is 0 Å². The Labute approximate surface area is 71.5 Å². The van der Waals surface area contributed by atoms with Crippen LogP contribution in [-0.4, -0.2) is 0 Å². The molecule has 1 aliphatic carbocycles. The summed E-state index contributed by atoms with van der Waals surface area (Å²) < 4.78 is 5.37. The van der Waals surface area contributed by atoms with Crippen molar-refractivity contribution in [2.75, 3.05) is 0 Å². The van der Waals surface area contributed by atoms with Crippen molar-refractivity contribution < 1.29 is 4.42 Å². The van der Waals surface area contributed by atoms with Gasteiger partial charge in [0.25, 0.3) is 0 Å². The van der Waals surface area contributed by atoms with Gasteiger partial charge in [-0.05, 0) is 19.4 Å². The molecule has 58 valence electrons. The molecule has 1 heterocycles. The van der Waals surface area contributed by atoms with E-state index >= 15 is 0 Å². The van der Waals surface area contributed by atoms with Crippen molar-refractivity contribution in [3.05, 3.63) is 23.0 Å². The predicted molar refractivity (Wildman–Crippen MR) is 47.9 cm³/mol. The largest absolute Gasteiger partial charge is 0.454 e. The smallest absolute Gasteiger partial charge is 0.158 e. The summed E-state index contributed by atoms with van der Waals surface area (Å²) in [5, 5.41) is 0.723. The second-order valence-corrected chi connectivity index (χ2v) is 3.39. The summed E-state index contributed by atoms with van der Waals surface area (Å²) in [7, 11) is 0. The van der Waals surface area contributed by atoms with Gasteiger partial charge in [-0.3, -0.25) is 0 Å². The Bertz CT molecular complexity index is 309. The molecule has 0 amide bonds. The Morgan fingerprint density at radius 3 is 3.09 bits per heavy atom. The van der Waals surface area contributed by atoms with Crippen molar-refractivity contribution in [1.29, 1.82) is 0 Å². The van der Waals surface area contributed by atoms with Crippen LogP contribution in [0.15, 0.2) is 21.1 Å². The summed E-state index contributed by atoms with van der Waals surface area (Å²) in [5.41, 5.74) is 2.63. The summed E-state index contributed by atoms with van der Waals surface area (Å²) in [6.07, 6.45) is 4.31. The minimum atomic E-state index is 0.723. The first kappa shape index (κ1) is 7.04. The second kappa shape index (κ2) is 2.45. The molecule has 0 atom stereocenters. The summed E-state index contributed by atoms with van der Waals surface area (Å²) in [6.45, 7) is 2.15. The van der Waals surface area contributed by atoms with Crippen LogP contribution < -0.4 is 0 Å². The average Bonchev–Trinajstić information content (AvgIpc) is 2.27. The number of fused-ring (bicyclic) bond motifs is 1. The summed E-state index contributed by atoms with van der Waals surface area (Å²) >= 11 is 4.14.